The predicted molar refractivity (Wildman–Crippen MR) is 69.6 cm³/mol. The molecule has 96 valence electrons. The van der Waals surface area contributed by atoms with Crippen molar-refractivity contribution in [3.63, 3.8) is 0 Å². The van der Waals surface area contributed by atoms with Crippen LogP contribution in [-0.2, 0) is 9.22 Å². The molecule has 4 nitrogen and oxygen atoms in total. The van der Waals surface area contributed by atoms with E-state index in [0.717, 1.165) is 0 Å². The van der Waals surface area contributed by atoms with Crippen LogP contribution in [0.1, 0.15) is 41.5 Å². The van der Waals surface area contributed by atoms with Gasteiger partial charge in [-0.3, -0.25) is 9.80 Å². The molecular weight excluding hydrogens is 220 g/mol. The Morgan fingerprint density at radius 1 is 1.19 bits per heavy atom. The van der Waals surface area contributed by atoms with Crippen molar-refractivity contribution >= 4 is 16.4 Å². The van der Waals surface area contributed by atoms with E-state index in [1.54, 1.807) is 0 Å². The summed E-state index contributed by atoms with van der Waals surface area (Å²) in [4.78, 5) is 12.4. The number of hydrogen-bond acceptors (Lipinski definition) is 3. The van der Waals surface area contributed by atoms with E-state index in [-0.39, 0.29) is 23.8 Å². The van der Waals surface area contributed by atoms with Gasteiger partial charge in [0, 0.05) is 6.04 Å². The molecular formula is C11H26N2O2Si. The average molecular weight is 246 g/mol. The minimum absolute atomic E-state index is 0.0128. The highest BCUT2D eigenvalue weighted by Crippen LogP contribution is 2.31. The smallest absolute Gasteiger partial charge is 0.268 e. The second kappa shape index (κ2) is 5.79. The number of rotatable bonds is 5. The van der Waals surface area contributed by atoms with Crippen LogP contribution in [0.25, 0.3) is 0 Å². The second-order valence-electron chi connectivity index (χ2n) is 5.11. The molecule has 0 aliphatic rings. The molecule has 0 unspecified atom stereocenters. The van der Waals surface area contributed by atoms with Crippen molar-refractivity contribution in [3.05, 3.63) is 0 Å². The molecule has 0 aromatic rings. The number of hydrazine groups is 1. The molecule has 1 amide bonds. The van der Waals surface area contributed by atoms with Crippen LogP contribution in [0.4, 0.5) is 0 Å². The molecule has 0 fully saturated rings. The van der Waals surface area contributed by atoms with Crippen molar-refractivity contribution < 1.29 is 9.22 Å². The number of amides is 1. The van der Waals surface area contributed by atoms with Crippen molar-refractivity contribution in [1.29, 1.82) is 0 Å². The van der Waals surface area contributed by atoms with Crippen molar-refractivity contribution in [2.45, 2.75) is 53.2 Å². The Labute approximate surface area is 102 Å². The standard InChI is InChI=1S/C11H26N2O2Si/c1-7(2)11(15-16,8(3)4)10(14)13(12)9(5)6/h7-9H,12H2,1-6,16H3. The zero-order valence-electron chi connectivity index (χ0n) is 11.6. The molecule has 0 rings (SSSR count). The number of nitrogens with zero attached hydrogens (tertiary/aromatic N) is 1. The van der Waals surface area contributed by atoms with Crippen molar-refractivity contribution in [2.24, 2.45) is 17.7 Å². The molecule has 0 heterocycles. The summed E-state index contributed by atoms with van der Waals surface area (Å²) >= 11 is 0. The number of carbonyl (C=O) groups is 1. The minimum Gasteiger partial charge on any atom is -0.414 e. The average Bonchev–Trinajstić information content (AvgIpc) is 2.16. The molecule has 0 saturated heterocycles. The second-order valence-corrected chi connectivity index (χ2v) is 5.52. The number of nitrogens with two attached hydrogens (primary N) is 1. The summed E-state index contributed by atoms with van der Waals surface area (Å²) in [6.45, 7) is 11.8. The van der Waals surface area contributed by atoms with E-state index in [4.69, 9.17) is 10.3 Å². The highest BCUT2D eigenvalue weighted by atomic mass is 28.2. The molecule has 0 saturated carbocycles. The summed E-state index contributed by atoms with van der Waals surface area (Å²) in [6, 6.07) is -0.0128. The van der Waals surface area contributed by atoms with E-state index in [1.165, 1.54) is 5.01 Å². The molecule has 0 aliphatic carbocycles. The van der Waals surface area contributed by atoms with Crippen LogP contribution in [0.2, 0.25) is 0 Å². The molecule has 0 bridgehead atoms. The Balaban J connectivity index is 5.27. The van der Waals surface area contributed by atoms with Crippen molar-refractivity contribution in [3.8, 4) is 0 Å². The SMILES string of the molecule is CC(C)N(N)C(=O)C(O[SiH3])(C(C)C)C(C)C. The van der Waals surface area contributed by atoms with Gasteiger partial charge in [0.05, 0.1) is 0 Å². The summed E-state index contributed by atoms with van der Waals surface area (Å²) in [5.74, 6) is 5.93. The van der Waals surface area contributed by atoms with E-state index in [1.807, 2.05) is 41.5 Å². The highest BCUT2D eigenvalue weighted by Gasteiger charge is 2.46. The maximum Gasteiger partial charge on any atom is 0.268 e. The Kier molecular flexibility index (Phi) is 5.65. The van der Waals surface area contributed by atoms with E-state index >= 15 is 0 Å². The van der Waals surface area contributed by atoms with Crippen LogP contribution in [0.5, 0.6) is 0 Å². The predicted octanol–water partition coefficient (Wildman–Crippen LogP) is 0.445. The van der Waals surface area contributed by atoms with Gasteiger partial charge in [0.1, 0.15) is 16.1 Å². The monoisotopic (exact) mass is 246 g/mol. The van der Waals surface area contributed by atoms with Gasteiger partial charge in [0.2, 0.25) is 0 Å². The van der Waals surface area contributed by atoms with Crippen molar-refractivity contribution in [1.82, 2.24) is 5.01 Å². The molecule has 0 radical (unpaired) electrons. The van der Waals surface area contributed by atoms with Gasteiger partial charge in [-0.25, -0.2) is 5.84 Å². The molecule has 0 aromatic heterocycles. The van der Waals surface area contributed by atoms with Crippen LogP contribution in [0.3, 0.4) is 0 Å². The third-order valence-corrected chi connectivity index (χ3v) is 3.85. The van der Waals surface area contributed by atoms with Gasteiger partial charge in [0.25, 0.3) is 5.91 Å². The number of carbonyl (C=O) groups excluding carboxylic acids is 1. The maximum atomic E-state index is 12.4. The van der Waals surface area contributed by atoms with E-state index < -0.39 is 5.60 Å². The van der Waals surface area contributed by atoms with Gasteiger partial charge in [-0.05, 0) is 25.7 Å². The lowest BCUT2D eigenvalue weighted by Gasteiger charge is -2.42. The van der Waals surface area contributed by atoms with Gasteiger partial charge in [0.15, 0.2) is 0 Å². The van der Waals surface area contributed by atoms with Crippen LogP contribution in [0, 0.1) is 11.8 Å². The molecule has 2 N–H and O–H groups in total. The molecule has 0 spiro atoms. The van der Waals surface area contributed by atoms with Crippen LogP contribution < -0.4 is 5.84 Å². The fourth-order valence-electron chi connectivity index (χ4n) is 2.16. The number of hydrogen-bond donors (Lipinski definition) is 1. The van der Waals surface area contributed by atoms with Crippen LogP contribution in [0.15, 0.2) is 0 Å². The summed E-state index contributed by atoms with van der Waals surface area (Å²) in [7, 11) is 0.528. The lowest BCUT2D eigenvalue weighted by atomic mass is 9.79. The summed E-state index contributed by atoms with van der Waals surface area (Å²) in [6.07, 6.45) is 0. The Bertz CT molecular complexity index is 234. The van der Waals surface area contributed by atoms with Crippen LogP contribution >= 0.6 is 0 Å². The lowest BCUT2D eigenvalue weighted by Crippen LogP contribution is -2.60. The maximum absolute atomic E-state index is 12.4. The zero-order valence-corrected chi connectivity index (χ0v) is 13.6. The van der Waals surface area contributed by atoms with E-state index in [9.17, 15) is 4.79 Å². The normalized spacial score (nSPS) is 12.9. The summed E-state index contributed by atoms with van der Waals surface area (Å²) < 4.78 is 5.66. The summed E-state index contributed by atoms with van der Waals surface area (Å²) in [5.41, 5.74) is -0.773. The van der Waals surface area contributed by atoms with Gasteiger partial charge in [-0.2, -0.15) is 0 Å². The Hall–Kier alpha value is -0.393. The fraction of sp³-hybridized carbons (Fsp3) is 0.909. The first-order valence-electron chi connectivity index (χ1n) is 5.85. The van der Waals surface area contributed by atoms with E-state index in [0.29, 0.717) is 10.5 Å². The molecule has 0 atom stereocenters. The topological polar surface area (TPSA) is 55.6 Å². The van der Waals surface area contributed by atoms with Crippen LogP contribution in [-0.4, -0.2) is 33.0 Å². The van der Waals surface area contributed by atoms with E-state index in [2.05, 4.69) is 0 Å². The third-order valence-electron chi connectivity index (χ3n) is 3.18. The highest BCUT2D eigenvalue weighted by molar-refractivity contribution is 6.01. The van der Waals surface area contributed by atoms with Crippen molar-refractivity contribution in [2.75, 3.05) is 0 Å². The van der Waals surface area contributed by atoms with Gasteiger partial charge in [-0.1, -0.05) is 27.7 Å². The minimum atomic E-state index is -0.773. The molecule has 0 aromatic carbocycles. The van der Waals surface area contributed by atoms with Gasteiger partial charge >= 0.3 is 0 Å². The van der Waals surface area contributed by atoms with Gasteiger partial charge < -0.3 is 4.43 Å². The first kappa shape index (κ1) is 15.6. The largest absolute Gasteiger partial charge is 0.414 e. The first-order chi connectivity index (χ1) is 7.21. The van der Waals surface area contributed by atoms with Gasteiger partial charge in [-0.15, -0.1) is 0 Å². The molecule has 0 aliphatic heterocycles. The first-order valence-corrected chi connectivity index (χ1v) is 6.66. The molecule has 16 heavy (non-hydrogen) atoms. The Morgan fingerprint density at radius 2 is 1.56 bits per heavy atom. The molecule has 5 heteroatoms. The quantitative estimate of drug-likeness (QED) is 0.331. The third kappa shape index (κ3) is 2.64. The summed E-state index contributed by atoms with van der Waals surface area (Å²) in [5, 5.41) is 1.29. The lowest BCUT2D eigenvalue weighted by molar-refractivity contribution is -0.159. The fourth-order valence-corrected chi connectivity index (χ4v) is 3.27. The zero-order chi connectivity index (χ0) is 13.1. The Morgan fingerprint density at radius 3 is 1.75 bits per heavy atom.